The van der Waals surface area contributed by atoms with E-state index < -0.39 is 20.0 Å². The number of rotatable bonds is 8. The molecule has 37 heavy (non-hydrogen) atoms. The van der Waals surface area contributed by atoms with Crippen LogP contribution in [-0.2, 0) is 4.43 Å². The molecule has 0 aromatic carbocycles. The van der Waals surface area contributed by atoms with E-state index in [1.54, 1.807) is 5.57 Å². The number of aliphatic hydroxyl groups excluding tert-OH is 1. The zero-order chi connectivity index (χ0) is 27.8. The minimum absolute atomic E-state index is 0.0725. The average Bonchev–Trinajstić information content (AvgIpc) is 3.10. The molecule has 0 saturated heterocycles. The van der Waals surface area contributed by atoms with Gasteiger partial charge < -0.3 is 14.6 Å². The number of fused-ring (bicyclic) bond motifs is 1. The van der Waals surface area contributed by atoms with Crippen LogP contribution in [0.15, 0.2) is 35.5 Å². The van der Waals surface area contributed by atoms with Crippen LogP contribution in [0.5, 0.6) is 0 Å². The number of hydrogen-bond donors (Lipinski definition) is 2. The van der Waals surface area contributed by atoms with Gasteiger partial charge in [0, 0.05) is 6.42 Å². The quantitative estimate of drug-likeness (QED) is 0.308. The first-order chi connectivity index (χ1) is 16.9. The van der Waals surface area contributed by atoms with Crippen LogP contribution >= 0.6 is 0 Å². The molecule has 0 amide bonds. The predicted molar refractivity (Wildman–Crippen MR) is 160 cm³/mol. The van der Waals surface area contributed by atoms with Crippen molar-refractivity contribution in [2.75, 3.05) is 0 Å². The van der Waals surface area contributed by atoms with Gasteiger partial charge in [0.2, 0.25) is 0 Å². The molecule has 0 spiro atoms. The summed E-state index contributed by atoms with van der Waals surface area (Å²) in [6.07, 6.45) is 15.4. The van der Waals surface area contributed by atoms with Crippen LogP contribution in [0.2, 0.25) is 18.1 Å². The van der Waals surface area contributed by atoms with Crippen molar-refractivity contribution < 1.29 is 14.6 Å². The van der Waals surface area contributed by atoms with Gasteiger partial charge in [-0.1, -0.05) is 71.8 Å². The van der Waals surface area contributed by atoms with Gasteiger partial charge in [0.15, 0.2) is 8.32 Å². The monoisotopic (exact) mass is 530 g/mol. The lowest BCUT2D eigenvalue weighted by Crippen LogP contribution is -2.46. The third-order valence-electron chi connectivity index (χ3n) is 10.7. The smallest absolute Gasteiger partial charge is 0.192 e. The highest BCUT2D eigenvalue weighted by atomic mass is 28.4. The maximum atomic E-state index is 10.8. The van der Waals surface area contributed by atoms with E-state index in [4.69, 9.17) is 4.43 Å². The van der Waals surface area contributed by atoms with Crippen molar-refractivity contribution in [1.82, 2.24) is 0 Å². The number of hydrogen-bond acceptors (Lipinski definition) is 3. The molecule has 3 aliphatic carbocycles. The van der Waals surface area contributed by atoms with Gasteiger partial charge in [-0.3, -0.25) is 0 Å². The molecule has 0 unspecified atom stereocenters. The summed E-state index contributed by atoms with van der Waals surface area (Å²) >= 11 is 0. The second-order valence-electron chi connectivity index (χ2n) is 15.2. The van der Waals surface area contributed by atoms with Crippen molar-refractivity contribution in [1.29, 1.82) is 0 Å². The summed E-state index contributed by atoms with van der Waals surface area (Å²) in [4.78, 5) is 0. The minimum atomic E-state index is -1.89. The number of allylic oxidation sites excluding steroid dienone is 3. The van der Waals surface area contributed by atoms with E-state index >= 15 is 0 Å². The SMILES string of the molecule is C=C1/C(=C/C=C2/CCC[C@]3(C)[C@@H]([C@H](C)CCCC(C)(C)O)CC[C@@H]23)C[C@@H](O[Si](C)(C)C(C)(C)C)C[C@@H]1O. The molecule has 3 saturated carbocycles. The molecule has 0 aromatic heterocycles. The van der Waals surface area contributed by atoms with Crippen molar-refractivity contribution >= 4 is 8.32 Å². The predicted octanol–water partition coefficient (Wildman–Crippen LogP) is 8.73. The minimum Gasteiger partial charge on any atom is -0.413 e. The lowest BCUT2D eigenvalue weighted by atomic mass is 9.60. The summed E-state index contributed by atoms with van der Waals surface area (Å²) in [6, 6.07) is 0. The van der Waals surface area contributed by atoms with Gasteiger partial charge in [0.05, 0.1) is 17.8 Å². The van der Waals surface area contributed by atoms with E-state index in [2.05, 4.69) is 66.4 Å². The molecule has 0 aliphatic heterocycles. The van der Waals surface area contributed by atoms with Crippen LogP contribution in [0.25, 0.3) is 0 Å². The largest absolute Gasteiger partial charge is 0.413 e. The van der Waals surface area contributed by atoms with E-state index in [0.29, 0.717) is 23.7 Å². The summed E-state index contributed by atoms with van der Waals surface area (Å²) < 4.78 is 6.72. The van der Waals surface area contributed by atoms with Gasteiger partial charge in [-0.05, 0) is 111 Å². The van der Waals surface area contributed by atoms with Crippen LogP contribution in [0.4, 0.5) is 0 Å². The Labute approximate surface area is 230 Å². The molecule has 6 atom stereocenters. The van der Waals surface area contributed by atoms with Crippen molar-refractivity contribution in [3.8, 4) is 0 Å². The fourth-order valence-corrected chi connectivity index (χ4v) is 8.77. The van der Waals surface area contributed by atoms with Crippen molar-refractivity contribution in [3.05, 3.63) is 35.5 Å². The first kappa shape index (κ1) is 30.9. The van der Waals surface area contributed by atoms with Crippen molar-refractivity contribution in [2.24, 2.45) is 23.2 Å². The van der Waals surface area contributed by atoms with E-state index in [0.717, 1.165) is 30.8 Å². The summed E-state index contributed by atoms with van der Waals surface area (Å²) in [6.45, 7) is 24.6. The molecule has 3 aliphatic rings. The lowest BCUT2D eigenvalue weighted by molar-refractivity contribution is 0.0596. The van der Waals surface area contributed by atoms with E-state index in [1.165, 1.54) is 44.1 Å². The highest BCUT2D eigenvalue weighted by molar-refractivity contribution is 6.74. The zero-order valence-corrected chi connectivity index (χ0v) is 26.6. The maximum absolute atomic E-state index is 10.8. The molecule has 3 rings (SSSR count). The molecule has 3 nitrogen and oxygen atoms in total. The zero-order valence-electron chi connectivity index (χ0n) is 25.6. The van der Waals surface area contributed by atoms with Gasteiger partial charge in [-0.2, -0.15) is 0 Å². The third kappa shape index (κ3) is 7.29. The highest BCUT2D eigenvalue weighted by Gasteiger charge is 2.50. The van der Waals surface area contributed by atoms with Crippen LogP contribution in [-0.4, -0.2) is 36.3 Å². The van der Waals surface area contributed by atoms with Gasteiger partial charge in [0.1, 0.15) is 0 Å². The van der Waals surface area contributed by atoms with E-state index in [9.17, 15) is 10.2 Å². The molecule has 0 aromatic rings. The van der Waals surface area contributed by atoms with Gasteiger partial charge in [-0.15, -0.1) is 0 Å². The summed E-state index contributed by atoms with van der Waals surface area (Å²) in [5, 5.41) is 21.1. The molecule has 3 fully saturated rings. The molecule has 2 N–H and O–H groups in total. The topological polar surface area (TPSA) is 49.7 Å². The standard InChI is InChI=1S/C33H58O3Si/c1-23(13-11-19-32(6,7)35)28-17-18-29-25(14-12-20-33(28,29)8)15-16-26-21-27(22-30(34)24(26)2)36-37(9,10)31(3,4)5/h15-16,23,27-30,34-35H,2,11-14,17-22H2,1,3-10H3/b25-15-,26-16+/t23-,27-,28-,29+,30+,33-/m1/s1. The first-order valence-corrected chi connectivity index (χ1v) is 18.0. The van der Waals surface area contributed by atoms with Crippen LogP contribution in [0.3, 0.4) is 0 Å². The number of aliphatic hydroxyl groups is 2. The Morgan fingerprint density at radius 1 is 1.16 bits per heavy atom. The Hall–Kier alpha value is -0.683. The summed E-state index contributed by atoms with van der Waals surface area (Å²) in [5.74, 6) is 2.14. The Balaban J connectivity index is 1.73. The molecule has 4 heteroatoms. The molecule has 0 radical (unpaired) electrons. The second-order valence-corrected chi connectivity index (χ2v) is 19.9. The highest BCUT2D eigenvalue weighted by Crippen LogP contribution is 2.60. The first-order valence-electron chi connectivity index (χ1n) is 15.1. The Morgan fingerprint density at radius 2 is 1.84 bits per heavy atom. The van der Waals surface area contributed by atoms with E-state index in [-0.39, 0.29) is 11.1 Å². The second kappa shape index (κ2) is 11.4. The Morgan fingerprint density at radius 3 is 2.46 bits per heavy atom. The summed E-state index contributed by atoms with van der Waals surface area (Å²) in [7, 11) is -1.89. The van der Waals surface area contributed by atoms with Crippen molar-refractivity contribution in [3.63, 3.8) is 0 Å². The third-order valence-corrected chi connectivity index (χ3v) is 15.2. The molecular formula is C33H58O3Si. The van der Waals surface area contributed by atoms with Gasteiger partial charge in [0.25, 0.3) is 0 Å². The van der Waals surface area contributed by atoms with E-state index in [1.807, 2.05) is 13.8 Å². The van der Waals surface area contributed by atoms with Crippen molar-refractivity contribution in [2.45, 2.75) is 149 Å². The van der Waals surface area contributed by atoms with Crippen LogP contribution in [0.1, 0.15) is 113 Å². The molecular weight excluding hydrogens is 472 g/mol. The molecule has 0 bridgehead atoms. The van der Waals surface area contributed by atoms with Gasteiger partial charge in [-0.25, -0.2) is 0 Å². The Bertz CT molecular complexity index is 871. The lowest BCUT2D eigenvalue weighted by Gasteiger charge is -2.44. The fraction of sp³-hybridized carbons (Fsp3) is 0.818. The summed E-state index contributed by atoms with van der Waals surface area (Å²) in [5.41, 5.74) is 3.50. The Kier molecular flexibility index (Phi) is 9.53. The van der Waals surface area contributed by atoms with Crippen LogP contribution in [0, 0.1) is 23.2 Å². The fourth-order valence-electron chi connectivity index (χ4n) is 7.40. The molecule has 212 valence electrons. The molecule has 0 heterocycles. The average molecular weight is 531 g/mol. The van der Waals surface area contributed by atoms with Gasteiger partial charge >= 0.3 is 0 Å². The van der Waals surface area contributed by atoms with Crippen LogP contribution < -0.4 is 0 Å². The maximum Gasteiger partial charge on any atom is 0.192 e. The normalized spacial score (nSPS) is 34.7.